The number of carbonyl (C=O) groups is 2. The first-order chi connectivity index (χ1) is 21.4. The number of rotatable bonds is 11. The molecule has 0 saturated heterocycles. The lowest BCUT2D eigenvalue weighted by Crippen LogP contribution is -2.44. The fraction of sp³-hybridized carbons (Fsp3) is 0.371. The fourth-order valence-corrected chi connectivity index (χ4v) is 7.06. The number of methoxy groups -OCH3 is 1. The summed E-state index contributed by atoms with van der Waals surface area (Å²) in [4.78, 5) is 25.4. The van der Waals surface area contributed by atoms with Crippen LogP contribution < -0.4 is 10.0 Å². The molecule has 1 amide bonds. The van der Waals surface area contributed by atoms with E-state index in [1.807, 2.05) is 37.3 Å². The van der Waals surface area contributed by atoms with Gasteiger partial charge >= 0.3 is 5.97 Å². The lowest BCUT2D eigenvalue weighted by Gasteiger charge is -2.36. The minimum absolute atomic E-state index is 0.0330. The van der Waals surface area contributed by atoms with Crippen LogP contribution in [0.25, 0.3) is 22.1 Å². The first kappa shape index (κ1) is 35.1. The van der Waals surface area contributed by atoms with E-state index in [1.165, 1.54) is 19.2 Å². The second-order valence-electron chi connectivity index (χ2n) is 13.3. The molecule has 4 rings (SSSR count). The number of amides is 1. The van der Waals surface area contributed by atoms with E-state index in [-0.39, 0.29) is 27.5 Å². The Morgan fingerprint density at radius 2 is 1.52 bits per heavy atom. The van der Waals surface area contributed by atoms with Crippen molar-refractivity contribution in [2.24, 2.45) is 5.92 Å². The van der Waals surface area contributed by atoms with Gasteiger partial charge in [0.25, 0.3) is 5.91 Å². The molecule has 4 aromatic rings. The standard InChI is InChI=1S/C35H44N2O7SSi/c1-22(2)31(34(39)42-7)37-45(40,41)28-19-15-25(16-20-28)24-13-17-27(18-14-24)36-33(38)32-23(3)30-26(11-10-12-29(30)44-32)21-43-46(8,9)35(4,5)6/h10-20,22,31,37H,21H2,1-9H3,(H,36,38)/t31-/m0/s1. The van der Waals surface area contributed by atoms with Gasteiger partial charge in [-0.05, 0) is 78.0 Å². The van der Waals surface area contributed by atoms with Crippen molar-refractivity contribution in [2.45, 2.75) is 77.2 Å². The smallest absolute Gasteiger partial charge is 0.324 e. The molecule has 0 bridgehead atoms. The Kier molecular flexibility index (Phi) is 10.3. The van der Waals surface area contributed by atoms with Crippen LogP contribution in [0.3, 0.4) is 0 Å². The third-order valence-corrected chi connectivity index (χ3v) is 14.6. The molecular weight excluding hydrogens is 621 g/mol. The summed E-state index contributed by atoms with van der Waals surface area (Å²) in [6.07, 6.45) is 0. The molecule has 1 heterocycles. The number of furan rings is 1. The summed E-state index contributed by atoms with van der Waals surface area (Å²) in [5.74, 6) is -1.04. The van der Waals surface area contributed by atoms with Crippen LogP contribution in [0.5, 0.6) is 0 Å². The summed E-state index contributed by atoms with van der Waals surface area (Å²) < 4.78 is 45.5. The van der Waals surface area contributed by atoms with Crippen molar-refractivity contribution in [3.05, 3.63) is 83.6 Å². The summed E-state index contributed by atoms with van der Waals surface area (Å²) in [6.45, 7) is 16.9. The number of hydrogen-bond acceptors (Lipinski definition) is 7. The van der Waals surface area contributed by atoms with Gasteiger partial charge in [-0.15, -0.1) is 0 Å². The van der Waals surface area contributed by atoms with Crippen LogP contribution in [0.4, 0.5) is 5.69 Å². The largest absolute Gasteiger partial charge is 0.468 e. The SMILES string of the molecule is COC(=O)[C@@H](NS(=O)(=O)c1ccc(-c2ccc(NC(=O)c3oc4cccc(CO[Si](C)(C)C(C)(C)C)c4c3C)cc2)cc1)C(C)C. The molecule has 0 saturated carbocycles. The Balaban J connectivity index is 1.47. The minimum Gasteiger partial charge on any atom is -0.468 e. The zero-order chi connectivity index (χ0) is 34.0. The van der Waals surface area contributed by atoms with Crippen molar-refractivity contribution in [3.8, 4) is 11.1 Å². The Labute approximate surface area is 272 Å². The Hall–Kier alpha value is -3.77. The van der Waals surface area contributed by atoms with Crippen molar-refractivity contribution < 1.29 is 31.6 Å². The van der Waals surface area contributed by atoms with Crippen molar-refractivity contribution in [1.82, 2.24) is 4.72 Å². The molecule has 9 nitrogen and oxygen atoms in total. The maximum atomic E-state index is 13.3. The highest BCUT2D eigenvalue weighted by atomic mass is 32.2. The number of sulfonamides is 1. The third kappa shape index (κ3) is 7.60. The second kappa shape index (κ2) is 13.5. The molecule has 0 aliphatic heterocycles. The molecule has 0 spiro atoms. The average Bonchev–Trinajstić information content (AvgIpc) is 3.35. The van der Waals surface area contributed by atoms with Gasteiger partial charge in [0.1, 0.15) is 11.6 Å². The van der Waals surface area contributed by atoms with Gasteiger partial charge in [-0.3, -0.25) is 9.59 Å². The first-order valence-electron chi connectivity index (χ1n) is 15.2. The second-order valence-corrected chi connectivity index (χ2v) is 19.8. The van der Waals surface area contributed by atoms with Gasteiger partial charge in [0, 0.05) is 16.6 Å². The van der Waals surface area contributed by atoms with Crippen LogP contribution in [0.1, 0.15) is 56.3 Å². The molecule has 246 valence electrons. The number of fused-ring (bicyclic) bond motifs is 1. The molecule has 1 aromatic heterocycles. The van der Waals surface area contributed by atoms with Crippen molar-refractivity contribution in [1.29, 1.82) is 0 Å². The number of benzene rings is 3. The summed E-state index contributed by atoms with van der Waals surface area (Å²) in [7, 11) is -4.70. The van der Waals surface area contributed by atoms with Gasteiger partial charge in [0.2, 0.25) is 10.0 Å². The van der Waals surface area contributed by atoms with Crippen LogP contribution in [0.15, 0.2) is 76.0 Å². The number of aryl methyl sites for hydroxylation is 1. The average molecular weight is 665 g/mol. The normalized spacial score (nSPS) is 13.2. The first-order valence-corrected chi connectivity index (χ1v) is 19.6. The van der Waals surface area contributed by atoms with Crippen LogP contribution in [-0.4, -0.2) is 41.8 Å². The quantitative estimate of drug-likeness (QED) is 0.125. The highest BCUT2D eigenvalue weighted by Gasteiger charge is 2.37. The third-order valence-electron chi connectivity index (χ3n) is 8.69. The number of carbonyl (C=O) groups excluding carboxylic acids is 2. The van der Waals surface area contributed by atoms with Crippen molar-refractivity contribution in [3.63, 3.8) is 0 Å². The molecule has 0 fully saturated rings. The van der Waals surface area contributed by atoms with E-state index in [2.05, 4.69) is 43.9 Å². The molecule has 3 aromatic carbocycles. The molecule has 46 heavy (non-hydrogen) atoms. The lowest BCUT2D eigenvalue weighted by molar-refractivity contribution is -0.143. The Morgan fingerprint density at radius 3 is 2.07 bits per heavy atom. The fourth-order valence-electron chi connectivity index (χ4n) is 4.78. The van der Waals surface area contributed by atoms with Gasteiger partial charge in [0.05, 0.1) is 18.6 Å². The molecule has 0 aliphatic carbocycles. The predicted octanol–water partition coefficient (Wildman–Crippen LogP) is 7.66. The van der Waals surface area contributed by atoms with E-state index >= 15 is 0 Å². The number of ether oxygens (including phenoxy) is 1. The van der Waals surface area contributed by atoms with E-state index in [0.717, 1.165) is 27.6 Å². The van der Waals surface area contributed by atoms with Gasteiger partial charge in [0.15, 0.2) is 14.1 Å². The summed E-state index contributed by atoms with van der Waals surface area (Å²) in [5, 5.41) is 3.90. The summed E-state index contributed by atoms with van der Waals surface area (Å²) >= 11 is 0. The molecule has 0 unspecified atom stereocenters. The maximum Gasteiger partial charge on any atom is 0.324 e. The van der Waals surface area contributed by atoms with E-state index < -0.39 is 30.4 Å². The Morgan fingerprint density at radius 1 is 0.935 bits per heavy atom. The lowest BCUT2D eigenvalue weighted by atomic mass is 10.1. The monoisotopic (exact) mass is 664 g/mol. The molecule has 0 aliphatic rings. The van der Waals surface area contributed by atoms with Crippen LogP contribution in [-0.2, 0) is 30.6 Å². The van der Waals surface area contributed by atoms with Crippen molar-refractivity contribution >= 4 is 46.9 Å². The number of nitrogens with one attached hydrogen (secondary N) is 2. The van der Waals surface area contributed by atoms with Crippen LogP contribution in [0, 0.1) is 12.8 Å². The predicted molar refractivity (Wildman–Crippen MR) is 184 cm³/mol. The topological polar surface area (TPSA) is 124 Å². The van der Waals surface area contributed by atoms with Crippen LogP contribution in [0.2, 0.25) is 18.1 Å². The Bertz CT molecular complexity index is 1820. The maximum absolute atomic E-state index is 13.3. The molecule has 1 atom stereocenters. The van der Waals surface area contributed by atoms with Gasteiger partial charge in [-0.2, -0.15) is 4.72 Å². The van der Waals surface area contributed by atoms with E-state index in [0.29, 0.717) is 17.9 Å². The van der Waals surface area contributed by atoms with Gasteiger partial charge < -0.3 is 18.9 Å². The van der Waals surface area contributed by atoms with E-state index in [1.54, 1.807) is 38.1 Å². The zero-order valence-corrected chi connectivity index (χ0v) is 29.8. The molecular formula is C35H44N2O7SSi. The number of anilines is 1. The van der Waals surface area contributed by atoms with E-state index in [4.69, 9.17) is 13.6 Å². The van der Waals surface area contributed by atoms with Crippen LogP contribution >= 0.6 is 0 Å². The highest BCUT2D eigenvalue weighted by Crippen LogP contribution is 2.38. The van der Waals surface area contributed by atoms with Gasteiger partial charge in [-0.1, -0.05) is 71.0 Å². The summed E-state index contributed by atoms with van der Waals surface area (Å²) in [5.41, 5.74) is 4.58. The number of hydrogen-bond donors (Lipinski definition) is 2. The van der Waals surface area contributed by atoms with Gasteiger partial charge in [-0.25, -0.2) is 8.42 Å². The summed E-state index contributed by atoms with van der Waals surface area (Å²) in [6, 6.07) is 18.4. The van der Waals surface area contributed by atoms with Crippen molar-refractivity contribution in [2.75, 3.05) is 12.4 Å². The molecule has 0 radical (unpaired) electrons. The van der Waals surface area contributed by atoms with E-state index in [9.17, 15) is 18.0 Å². The number of esters is 1. The molecule has 11 heteroatoms. The zero-order valence-electron chi connectivity index (χ0n) is 28.0. The highest BCUT2D eigenvalue weighted by molar-refractivity contribution is 7.89. The molecule has 2 N–H and O–H groups in total. The minimum atomic E-state index is -3.95.